The van der Waals surface area contributed by atoms with Gasteiger partial charge in [-0.1, -0.05) is 6.92 Å². The molecule has 0 radical (unpaired) electrons. The van der Waals surface area contributed by atoms with Crippen molar-refractivity contribution in [1.29, 1.82) is 0 Å². The maximum absolute atomic E-state index is 5.52. The van der Waals surface area contributed by atoms with Crippen molar-refractivity contribution in [2.75, 3.05) is 51.4 Å². The van der Waals surface area contributed by atoms with Crippen LogP contribution in [-0.2, 0) is 4.74 Å². The fourth-order valence-electron chi connectivity index (χ4n) is 3.28. The molecule has 0 aromatic carbocycles. The van der Waals surface area contributed by atoms with Gasteiger partial charge in [0, 0.05) is 44.0 Å². The highest BCUT2D eigenvalue weighted by Crippen LogP contribution is 2.33. The molecule has 1 aliphatic carbocycles. The monoisotopic (exact) mass is 312 g/mol. The number of hydrogen-bond donors (Lipinski definition) is 2. The molecule has 3 fully saturated rings. The molecule has 6 heteroatoms. The molecular weight excluding hydrogens is 284 g/mol. The fourth-order valence-corrected chi connectivity index (χ4v) is 4.75. The Morgan fingerprint density at radius 1 is 1.43 bits per heavy atom. The maximum Gasteiger partial charge on any atom is 0.191 e. The second-order valence-corrected chi connectivity index (χ2v) is 7.62. The molecule has 3 atom stereocenters. The Balaban J connectivity index is 1.56. The van der Waals surface area contributed by atoms with Crippen LogP contribution in [-0.4, -0.2) is 73.8 Å². The molecule has 2 heterocycles. The van der Waals surface area contributed by atoms with Gasteiger partial charge in [0.05, 0.1) is 13.2 Å². The highest BCUT2D eigenvalue weighted by molar-refractivity contribution is 7.99. The summed E-state index contributed by atoms with van der Waals surface area (Å²) < 4.78 is 5.52. The molecule has 0 aromatic rings. The van der Waals surface area contributed by atoms with Gasteiger partial charge in [0.1, 0.15) is 0 Å². The average Bonchev–Trinajstić information content (AvgIpc) is 3.03. The van der Waals surface area contributed by atoms with Gasteiger partial charge in [-0.05, 0) is 24.5 Å². The summed E-state index contributed by atoms with van der Waals surface area (Å²) in [6.45, 7) is 7.15. The van der Waals surface area contributed by atoms with Crippen LogP contribution in [0.15, 0.2) is 4.99 Å². The highest BCUT2D eigenvalue weighted by atomic mass is 32.2. The van der Waals surface area contributed by atoms with Crippen LogP contribution in [0.4, 0.5) is 0 Å². The second-order valence-electron chi connectivity index (χ2n) is 6.52. The molecule has 3 rings (SSSR count). The zero-order valence-corrected chi connectivity index (χ0v) is 14.0. The molecule has 0 bridgehead atoms. The van der Waals surface area contributed by atoms with E-state index in [1.807, 2.05) is 7.05 Å². The topological polar surface area (TPSA) is 48.9 Å². The zero-order chi connectivity index (χ0) is 14.7. The van der Waals surface area contributed by atoms with Crippen molar-refractivity contribution < 1.29 is 4.74 Å². The molecule has 2 saturated heterocycles. The predicted molar refractivity (Wildman–Crippen MR) is 89.1 cm³/mol. The molecule has 3 aliphatic rings. The van der Waals surface area contributed by atoms with Crippen LogP contribution in [0.5, 0.6) is 0 Å². The first kappa shape index (κ1) is 15.4. The summed E-state index contributed by atoms with van der Waals surface area (Å²) in [5.74, 6) is 4.24. The molecular formula is C15H28N4OS. The molecule has 120 valence electrons. The normalized spacial score (nSPS) is 37.5. The third-order valence-corrected chi connectivity index (χ3v) is 6.24. The second kappa shape index (κ2) is 6.75. The molecule has 5 nitrogen and oxygen atoms in total. The summed E-state index contributed by atoms with van der Waals surface area (Å²) in [5.41, 5.74) is 0.279. The van der Waals surface area contributed by atoms with E-state index in [1.54, 1.807) is 0 Å². The molecule has 3 unspecified atom stereocenters. The van der Waals surface area contributed by atoms with Gasteiger partial charge in [0.2, 0.25) is 0 Å². The van der Waals surface area contributed by atoms with Gasteiger partial charge >= 0.3 is 0 Å². The van der Waals surface area contributed by atoms with Gasteiger partial charge in [-0.15, -0.1) is 0 Å². The van der Waals surface area contributed by atoms with Gasteiger partial charge in [-0.2, -0.15) is 11.8 Å². The molecule has 21 heavy (non-hydrogen) atoms. The average molecular weight is 312 g/mol. The zero-order valence-electron chi connectivity index (χ0n) is 13.2. The number of guanidine groups is 1. The number of rotatable bonds is 4. The van der Waals surface area contributed by atoms with Crippen LogP contribution in [0.1, 0.15) is 19.8 Å². The van der Waals surface area contributed by atoms with E-state index < -0.39 is 0 Å². The van der Waals surface area contributed by atoms with E-state index in [-0.39, 0.29) is 5.54 Å². The lowest BCUT2D eigenvalue weighted by Crippen LogP contribution is -2.60. The minimum absolute atomic E-state index is 0.279. The van der Waals surface area contributed by atoms with Crippen molar-refractivity contribution in [3.05, 3.63) is 0 Å². The van der Waals surface area contributed by atoms with Gasteiger partial charge < -0.3 is 15.4 Å². The Kier molecular flexibility index (Phi) is 4.96. The Bertz CT molecular complexity index is 378. The highest BCUT2D eigenvalue weighted by Gasteiger charge is 2.41. The number of ether oxygens (including phenoxy) is 1. The van der Waals surface area contributed by atoms with Crippen molar-refractivity contribution >= 4 is 17.7 Å². The summed E-state index contributed by atoms with van der Waals surface area (Å²) >= 11 is 2.08. The Labute approximate surface area is 132 Å². The predicted octanol–water partition coefficient (Wildman–Crippen LogP) is 0.768. The van der Waals surface area contributed by atoms with Crippen molar-refractivity contribution in [3.63, 3.8) is 0 Å². The number of hydrogen-bond acceptors (Lipinski definition) is 4. The van der Waals surface area contributed by atoms with Crippen molar-refractivity contribution in [2.45, 2.75) is 31.3 Å². The number of thioether (sulfide) groups is 1. The summed E-state index contributed by atoms with van der Waals surface area (Å²) in [4.78, 5) is 7.02. The van der Waals surface area contributed by atoms with Crippen LogP contribution in [0.25, 0.3) is 0 Å². The van der Waals surface area contributed by atoms with Crippen LogP contribution in [0, 0.1) is 5.92 Å². The van der Waals surface area contributed by atoms with Gasteiger partial charge in [0.15, 0.2) is 5.96 Å². The first-order chi connectivity index (χ1) is 10.2. The first-order valence-electron chi connectivity index (χ1n) is 8.11. The van der Waals surface area contributed by atoms with E-state index in [1.165, 1.54) is 24.3 Å². The summed E-state index contributed by atoms with van der Waals surface area (Å²) in [6.07, 6.45) is 2.53. The Morgan fingerprint density at radius 2 is 2.19 bits per heavy atom. The molecule has 2 aliphatic heterocycles. The van der Waals surface area contributed by atoms with E-state index in [4.69, 9.17) is 4.74 Å². The van der Waals surface area contributed by atoms with Crippen LogP contribution in [0.2, 0.25) is 0 Å². The van der Waals surface area contributed by atoms with Gasteiger partial charge in [0.25, 0.3) is 0 Å². The number of morpholine rings is 1. The third-order valence-electron chi connectivity index (χ3n) is 5.00. The molecule has 0 amide bonds. The largest absolute Gasteiger partial charge is 0.379 e. The lowest BCUT2D eigenvalue weighted by atomic mass is 9.95. The van der Waals surface area contributed by atoms with Crippen LogP contribution >= 0.6 is 11.8 Å². The Morgan fingerprint density at radius 3 is 2.76 bits per heavy atom. The maximum atomic E-state index is 5.52. The van der Waals surface area contributed by atoms with E-state index in [2.05, 4.69) is 39.2 Å². The quantitative estimate of drug-likeness (QED) is 0.593. The molecule has 0 spiro atoms. The number of aliphatic imine (C=N–C) groups is 1. The fraction of sp³-hybridized carbons (Fsp3) is 0.933. The molecule has 0 aromatic heterocycles. The smallest absolute Gasteiger partial charge is 0.191 e. The number of nitrogens with one attached hydrogen (secondary N) is 2. The number of nitrogens with zero attached hydrogens (tertiary/aromatic N) is 2. The van der Waals surface area contributed by atoms with Crippen molar-refractivity contribution in [1.82, 2.24) is 15.5 Å². The van der Waals surface area contributed by atoms with E-state index >= 15 is 0 Å². The standard InChI is InChI=1S/C15H28N4OS/c1-12-9-13(12)18-14(16-2)17-10-15(3-8-21-11-15)19-4-6-20-7-5-19/h12-13H,3-11H2,1-2H3,(H2,16,17,18). The lowest BCUT2D eigenvalue weighted by molar-refractivity contribution is -0.0120. The van der Waals surface area contributed by atoms with E-state index in [9.17, 15) is 0 Å². The Hall–Kier alpha value is -0.460. The molecule has 1 saturated carbocycles. The van der Waals surface area contributed by atoms with Crippen molar-refractivity contribution in [3.8, 4) is 0 Å². The summed E-state index contributed by atoms with van der Waals surface area (Å²) in [7, 11) is 1.87. The van der Waals surface area contributed by atoms with Gasteiger partial charge in [-0.25, -0.2) is 0 Å². The van der Waals surface area contributed by atoms with Crippen LogP contribution in [0.3, 0.4) is 0 Å². The first-order valence-corrected chi connectivity index (χ1v) is 9.27. The van der Waals surface area contributed by atoms with E-state index in [0.29, 0.717) is 6.04 Å². The minimum Gasteiger partial charge on any atom is -0.379 e. The van der Waals surface area contributed by atoms with Crippen LogP contribution < -0.4 is 10.6 Å². The van der Waals surface area contributed by atoms with E-state index in [0.717, 1.165) is 44.7 Å². The van der Waals surface area contributed by atoms with Gasteiger partial charge in [-0.3, -0.25) is 9.89 Å². The lowest BCUT2D eigenvalue weighted by Gasteiger charge is -2.43. The minimum atomic E-state index is 0.279. The SMILES string of the molecule is CN=C(NCC1(N2CCOCC2)CCSC1)NC1CC1C. The van der Waals surface area contributed by atoms with Crippen molar-refractivity contribution in [2.24, 2.45) is 10.9 Å². The molecule has 2 N–H and O–H groups in total. The third kappa shape index (κ3) is 3.66. The summed E-state index contributed by atoms with van der Waals surface area (Å²) in [6, 6.07) is 0.619. The summed E-state index contributed by atoms with van der Waals surface area (Å²) in [5, 5.41) is 7.11.